The monoisotopic (exact) mass is 301 g/mol. The van der Waals surface area contributed by atoms with Gasteiger partial charge >= 0.3 is 5.97 Å². The van der Waals surface area contributed by atoms with Gasteiger partial charge in [0.05, 0.1) is 19.0 Å². The molecule has 1 N–H and O–H groups in total. The third-order valence-electron chi connectivity index (χ3n) is 4.13. The number of carbonyl (C=O) groups excluding carboxylic acids is 1. The maximum absolute atomic E-state index is 12.5. The second-order valence-electron chi connectivity index (χ2n) is 5.65. The summed E-state index contributed by atoms with van der Waals surface area (Å²) in [4.78, 5) is 17.9. The first-order chi connectivity index (χ1) is 10.6. The fraction of sp³-hybridized carbons (Fsp3) is 0.389. The number of hydrogen-bond donors (Lipinski definition) is 1. The highest BCUT2D eigenvalue weighted by molar-refractivity contribution is 5.74. The molecule has 0 heterocycles. The van der Waals surface area contributed by atoms with E-state index in [1.807, 2.05) is 13.0 Å². The van der Waals surface area contributed by atoms with Crippen LogP contribution in [0.5, 0.6) is 5.75 Å². The van der Waals surface area contributed by atoms with Crippen molar-refractivity contribution >= 4 is 5.97 Å². The molecule has 0 bridgehead atoms. The highest BCUT2D eigenvalue weighted by atomic mass is 16.7. The van der Waals surface area contributed by atoms with Crippen molar-refractivity contribution in [1.82, 2.24) is 5.06 Å². The number of hydroxylamine groups is 2. The van der Waals surface area contributed by atoms with Gasteiger partial charge in [0.25, 0.3) is 0 Å². The Hall–Kier alpha value is -2.07. The molecule has 0 saturated carbocycles. The van der Waals surface area contributed by atoms with Gasteiger partial charge in [0.1, 0.15) is 5.75 Å². The van der Waals surface area contributed by atoms with Gasteiger partial charge in [-0.3, -0.25) is 4.79 Å². The largest absolute Gasteiger partial charge is 0.508 e. The molecule has 2 atom stereocenters. The normalized spacial score (nSPS) is 20.3. The molecule has 4 nitrogen and oxygen atoms in total. The van der Waals surface area contributed by atoms with Crippen LogP contribution < -0.4 is 0 Å². The molecule has 4 heteroatoms. The van der Waals surface area contributed by atoms with Crippen molar-refractivity contribution in [2.24, 2.45) is 5.92 Å². The summed E-state index contributed by atoms with van der Waals surface area (Å²) in [6, 6.07) is 5.36. The zero-order valence-corrected chi connectivity index (χ0v) is 13.0. The molecule has 1 aromatic carbocycles. The first kappa shape index (κ1) is 16.3. The zero-order chi connectivity index (χ0) is 16.1. The number of rotatable bonds is 6. The Morgan fingerprint density at radius 1 is 1.41 bits per heavy atom. The van der Waals surface area contributed by atoms with Gasteiger partial charge in [-0.15, -0.1) is 18.2 Å². The molecule has 2 rings (SSSR count). The standard InChI is InChI=1S/C18H23NO3/c1-4-10-19(11-5-2)22-18(21)17-8-6-14-12-15(20)7-9-16(14)13(17)3/h4-5,7,9,12-13,17,20H,1-2,6,8,10-11H2,3H3. The smallest absolute Gasteiger partial charge is 0.328 e. The van der Waals surface area contributed by atoms with Crippen molar-refractivity contribution in [3.05, 3.63) is 54.6 Å². The first-order valence-corrected chi connectivity index (χ1v) is 7.57. The van der Waals surface area contributed by atoms with Crippen molar-refractivity contribution in [2.75, 3.05) is 13.1 Å². The minimum atomic E-state index is -0.213. The number of carbonyl (C=O) groups is 1. The summed E-state index contributed by atoms with van der Waals surface area (Å²) in [5.74, 6) is -0.0367. The Balaban J connectivity index is 2.09. The summed E-state index contributed by atoms with van der Waals surface area (Å²) in [6.45, 7) is 10.3. The van der Waals surface area contributed by atoms with Gasteiger partial charge in [-0.05, 0) is 42.0 Å². The lowest BCUT2D eigenvalue weighted by molar-refractivity contribution is -0.192. The molecule has 1 aliphatic rings. The molecule has 118 valence electrons. The fourth-order valence-electron chi connectivity index (χ4n) is 2.98. The summed E-state index contributed by atoms with van der Waals surface area (Å²) >= 11 is 0. The molecule has 0 fully saturated rings. The number of phenolic OH excluding ortho intramolecular Hbond substituents is 1. The van der Waals surface area contributed by atoms with E-state index in [1.54, 1.807) is 29.3 Å². The second kappa shape index (κ2) is 7.27. The Morgan fingerprint density at radius 2 is 2.09 bits per heavy atom. The van der Waals surface area contributed by atoms with Crippen LogP contribution in [0.15, 0.2) is 43.5 Å². The van der Waals surface area contributed by atoms with Gasteiger partial charge < -0.3 is 9.94 Å². The van der Waals surface area contributed by atoms with E-state index < -0.39 is 0 Å². The van der Waals surface area contributed by atoms with Crippen LogP contribution in [0, 0.1) is 5.92 Å². The van der Waals surface area contributed by atoms with Crippen molar-refractivity contribution < 1.29 is 14.7 Å². The Morgan fingerprint density at radius 3 is 2.73 bits per heavy atom. The predicted molar refractivity (Wildman–Crippen MR) is 86.4 cm³/mol. The molecule has 22 heavy (non-hydrogen) atoms. The quantitative estimate of drug-likeness (QED) is 0.647. The lowest BCUT2D eigenvalue weighted by Gasteiger charge is -2.31. The van der Waals surface area contributed by atoms with E-state index in [2.05, 4.69) is 13.2 Å². The van der Waals surface area contributed by atoms with E-state index in [9.17, 15) is 9.90 Å². The molecule has 0 radical (unpaired) electrons. The number of nitrogens with zero attached hydrogens (tertiary/aromatic N) is 1. The van der Waals surface area contributed by atoms with E-state index in [1.165, 1.54) is 0 Å². The number of phenols is 1. The first-order valence-electron chi connectivity index (χ1n) is 7.57. The van der Waals surface area contributed by atoms with E-state index in [4.69, 9.17) is 4.84 Å². The maximum Gasteiger partial charge on any atom is 0.328 e. The molecular weight excluding hydrogens is 278 g/mol. The van der Waals surface area contributed by atoms with Gasteiger partial charge in [0.15, 0.2) is 0 Å². The molecule has 0 amide bonds. The van der Waals surface area contributed by atoms with Gasteiger partial charge in [0.2, 0.25) is 0 Å². The van der Waals surface area contributed by atoms with E-state index >= 15 is 0 Å². The Kier molecular flexibility index (Phi) is 5.39. The van der Waals surface area contributed by atoms with E-state index in [0.29, 0.717) is 13.1 Å². The summed E-state index contributed by atoms with van der Waals surface area (Å²) in [7, 11) is 0. The van der Waals surface area contributed by atoms with Crippen molar-refractivity contribution in [2.45, 2.75) is 25.7 Å². The Labute approximate surface area is 131 Å². The fourth-order valence-corrected chi connectivity index (χ4v) is 2.98. The van der Waals surface area contributed by atoms with Crippen molar-refractivity contribution in [3.63, 3.8) is 0 Å². The molecule has 0 spiro atoms. The predicted octanol–water partition coefficient (Wildman–Crippen LogP) is 3.19. The minimum Gasteiger partial charge on any atom is -0.508 e. The average molecular weight is 301 g/mol. The van der Waals surface area contributed by atoms with Crippen LogP contribution in [0.25, 0.3) is 0 Å². The van der Waals surface area contributed by atoms with Crippen LogP contribution in [0.2, 0.25) is 0 Å². The van der Waals surface area contributed by atoms with Gasteiger partial charge in [-0.1, -0.05) is 25.1 Å². The maximum atomic E-state index is 12.5. The molecule has 0 aliphatic heterocycles. The summed E-state index contributed by atoms with van der Waals surface area (Å²) in [6.07, 6.45) is 4.89. The second-order valence-corrected chi connectivity index (χ2v) is 5.65. The highest BCUT2D eigenvalue weighted by Gasteiger charge is 2.33. The summed E-state index contributed by atoms with van der Waals surface area (Å²) in [5, 5.41) is 11.1. The van der Waals surface area contributed by atoms with E-state index in [0.717, 1.165) is 24.0 Å². The van der Waals surface area contributed by atoms with E-state index in [-0.39, 0.29) is 23.6 Å². The van der Waals surface area contributed by atoms with Crippen LogP contribution in [-0.4, -0.2) is 29.2 Å². The van der Waals surface area contributed by atoms with Crippen LogP contribution in [0.3, 0.4) is 0 Å². The number of benzene rings is 1. The van der Waals surface area contributed by atoms with Crippen molar-refractivity contribution in [3.8, 4) is 5.75 Å². The molecule has 0 saturated heterocycles. The highest BCUT2D eigenvalue weighted by Crippen LogP contribution is 2.38. The van der Waals surface area contributed by atoms with Gasteiger partial charge in [-0.25, -0.2) is 0 Å². The SMILES string of the molecule is C=CCN(CC=C)OC(=O)C1CCc2cc(O)ccc2C1C. The summed E-state index contributed by atoms with van der Waals surface area (Å²) in [5.41, 5.74) is 2.23. The topological polar surface area (TPSA) is 49.8 Å². The number of fused-ring (bicyclic) bond motifs is 1. The summed E-state index contributed by atoms with van der Waals surface area (Å²) < 4.78 is 0. The third kappa shape index (κ3) is 3.57. The van der Waals surface area contributed by atoms with Crippen molar-refractivity contribution in [1.29, 1.82) is 0 Å². The van der Waals surface area contributed by atoms with Crippen LogP contribution in [-0.2, 0) is 16.1 Å². The van der Waals surface area contributed by atoms with Crippen LogP contribution in [0.1, 0.15) is 30.4 Å². The molecule has 1 aromatic rings. The van der Waals surface area contributed by atoms with Gasteiger partial charge in [-0.2, -0.15) is 0 Å². The number of aromatic hydroxyl groups is 1. The minimum absolute atomic E-state index is 0.0752. The van der Waals surface area contributed by atoms with Crippen LogP contribution in [0.4, 0.5) is 0 Å². The lowest BCUT2D eigenvalue weighted by Crippen LogP contribution is -2.34. The van der Waals surface area contributed by atoms with Crippen LogP contribution >= 0.6 is 0 Å². The zero-order valence-electron chi connectivity index (χ0n) is 13.0. The van der Waals surface area contributed by atoms with Gasteiger partial charge in [0, 0.05) is 0 Å². The number of hydrogen-bond acceptors (Lipinski definition) is 4. The molecule has 0 aromatic heterocycles. The lowest BCUT2D eigenvalue weighted by atomic mass is 9.76. The Bertz CT molecular complexity index is 557. The number of aryl methyl sites for hydroxylation is 1. The third-order valence-corrected chi connectivity index (χ3v) is 4.13. The molecule has 2 unspecified atom stereocenters. The molecule has 1 aliphatic carbocycles. The average Bonchev–Trinajstić information content (AvgIpc) is 2.47. The molecular formula is C18H23NO3.